The summed E-state index contributed by atoms with van der Waals surface area (Å²) >= 11 is 0. The fourth-order valence-electron chi connectivity index (χ4n) is 2.56. The van der Waals surface area contributed by atoms with Crippen LogP contribution in [0.2, 0.25) is 0 Å². The van der Waals surface area contributed by atoms with E-state index >= 15 is 0 Å². The van der Waals surface area contributed by atoms with Gasteiger partial charge in [0.1, 0.15) is 11.4 Å². The number of aliphatic imine (C=N–C) groups is 1. The number of methoxy groups -OCH3 is 1. The Balaban J connectivity index is 1.50. The first-order valence-corrected chi connectivity index (χ1v) is 7.59. The van der Waals surface area contributed by atoms with Crippen molar-refractivity contribution in [2.24, 2.45) is 10.9 Å². The monoisotopic (exact) mass is 297 g/mol. The third-order valence-corrected chi connectivity index (χ3v) is 4.05. The maximum absolute atomic E-state index is 5.25. The first-order chi connectivity index (χ1) is 10.8. The van der Waals surface area contributed by atoms with Gasteiger partial charge in [-0.3, -0.25) is 0 Å². The topological polar surface area (TPSA) is 74.3 Å². The molecule has 0 saturated heterocycles. The van der Waals surface area contributed by atoms with E-state index in [-0.39, 0.29) is 0 Å². The van der Waals surface area contributed by atoms with Crippen molar-refractivity contribution in [3.63, 3.8) is 0 Å². The predicted octanol–water partition coefficient (Wildman–Crippen LogP) is 1.87. The Bertz CT molecular complexity index is 757. The molecular formula is C16H19N5O. The molecule has 0 atom stereocenters. The number of ether oxygens (including phenoxy) is 1. The molecule has 1 fully saturated rings. The molecule has 0 bridgehead atoms. The van der Waals surface area contributed by atoms with Crippen molar-refractivity contribution in [1.29, 1.82) is 0 Å². The van der Waals surface area contributed by atoms with Gasteiger partial charge in [-0.15, -0.1) is 0 Å². The van der Waals surface area contributed by atoms with Gasteiger partial charge in [0.2, 0.25) is 0 Å². The Morgan fingerprint density at radius 3 is 3.18 bits per heavy atom. The Hall–Kier alpha value is -2.50. The number of nitrogens with one attached hydrogen (secondary N) is 3. The number of aromatic amines is 1. The van der Waals surface area contributed by atoms with Gasteiger partial charge in [0.05, 0.1) is 19.9 Å². The second-order valence-corrected chi connectivity index (χ2v) is 5.80. The summed E-state index contributed by atoms with van der Waals surface area (Å²) in [5.41, 5.74) is 3.03. The molecule has 3 heterocycles. The van der Waals surface area contributed by atoms with E-state index in [0.29, 0.717) is 6.54 Å². The molecule has 114 valence electrons. The van der Waals surface area contributed by atoms with E-state index in [1.165, 1.54) is 12.8 Å². The number of aromatic nitrogens is 2. The Morgan fingerprint density at radius 2 is 2.36 bits per heavy atom. The first-order valence-electron chi connectivity index (χ1n) is 7.59. The van der Waals surface area contributed by atoms with Gasteiger partial charge in [-0.05, 0) is 30.9 Å². The molecule has 3 N–H and O–H groups in total. The van der Waals surface area contributed by atoms with Gasteiger partial charge in [0, 0.05) is 29.4 Å². The van der Waals surface area contributed by atoms with Crippen LogP contribution in [0, 0.1) is 5.92 Å². The minimum absolute atomic E-state index is 0.678. The normalized spacial score (nSPS) is 19.3. The van der Waals surface area contributed by atoms with Crippen molar-refractivity contribution in [2.45, 2.75) is 12.8 Å². The molecule has 1 saturated carbocycles. The number of guanidine groups is 1. The van der Waals surface area contributed by atoms with Crippen molar-refractivity contribution in [3.8, 4) is 5.75 Å². The summed E-state index contributed by atoms with van der Waals surface area (Å²) in [5.74, 6) is 2.48. The lowest BCUT2D eigenvalue weighted by Gasteiger charge is -2.05. The zero-order valence-electron chi connectivity index (χ0n) is 12.5. The molecule has 1 aliphatic carbocycles. The quantitative estimate of drug-likeness (QED) is 0.805. The third-order valence-electron chi connectivity index (χ3n) is 4.05. The minimum Gasteiger partial charge on any atom is -0.495 e. The van der Waals surface area contributed by atoms with Gasteiger partial charge in [-0.25, -0.2) is 9.98 Å². The highest BCUT2D eigenvalue weighted by molar-refractivity contribution is 5.90. The lowest BCUT2D eigenvalue weighted by atomic mass is 10.2. The summed E-state index contributed by atoms with van der Waals surface area (Å²) in [6.07, 6.45) is 8.46. The molecule has 22 heavy (non-hydrogen) atoms. The van der Waals surface area contributed by atoms with E-state index in [1.807, 2.05) is 12.3 Å². The molecule has 2 aromatic rings. The van der Waals surface area contributed by atoms with Crippen molar-refractivity contribution in [2.75, 3.05) is 20.2 Å². The lowest BCUT2D eigenvalue weighted by Crippen LogP contribution is -2.34. The van der Waals surface area contributed by atoms with Gasteiger partial charge in [-0.2, -0.15) is 0 Å². The molecule has 0 unspecified atom stereocenters. The molecular weight excluding hydrogens is 278 g/mol. The summed E-state index contributed by atoms with van der Waals surface area (Å²) in [5, 5.41) is 7.76. The second-order valence-electron chi connectivity index (χ2n) is 5.80. The maximum Gasteiger partial charge on any atom is 0.196 e. The predicted molar refractivity (Wildman–Crippen MR) is 86.8 cm³/mol. The highest BCUT2D eigenvalue weighted by Gasteiger charge is 2.22. The molecule has 6 heteroatoms. The summed E-state index contributed by atoms with van der Waals surface area (Å²) in [6.45, 7) is 1.70. The summed E-state index contributed by atoms with van der Waals surface area (Å²) < 4.78 is 5.25. The molecule has 2 aromatic heterocycles. The first kappa shape index (κ1) is 13.2. The minimum atomic E-state index is 0.678. The van der Waals surface area contributed by atoms with E-state index in [2.05, 4.69) is 31.7 Å². The SMILES string of the molecule is COc1cnc2[nH]cc(/C=C3/CN=C(NCC4CC4)N3)c2c1. The van der Waals surface area contributed by atoms with Gasteiger partial charge in [0.15, 0.2) is 5.96 Å². The number of rotatable bonds is 4. The highest BCUT2D eigenvalue weighted by atomic mass is 16.5. The number of nitrogens with zero attached hydrogens (tertiary/aromatic N) is 2. The van der Waals surface area contributed by atoms with Crippen LogP contribution in [0.1, 0.15) is 18.4 Å². The molecule has 0 spiro atoms. The molecule has 0 aromatic carbocycles. The smallest absolute Gasteiger partial charge is 0.196 e. The Morgan fingerprint density at radius 1 is 1.45 bits per heavy atom. The summed E-state index contributed by atoms with van der Waals surface area (Å²) in [6, 6.07) is 1.99. The van der Waals surface area contributed by atoms with Gasteiger partial charge >= 0.3 is 0 Å². The zero-order chi connectivity index (χ0) is 14.9. The van der Waals surface area contributed by atoms with Crippen LogP contribution in [0.4, 0.5) is 0 Å². The average molecular weight is 297 g/mol. The van der Waals surface area contributed by atoms with Gasteiger partial charge < -0.3 is 20.4 Å². The summed E-state index contributed by atoms with van der Waals surface area (Å²) in [7, 11) is 1.65. The van der Waals surface area contributed by atoms with E-state index in [4.69, 9.17) is 4.74 Å². The number of H-pyrrole nitrogens is 1. The van der Waals surface area contributed by atoms with E-state index < -0.39 is 0 Å². The fraction of sp³-hybridized carbons (Fsp3) is 0.375. The van der Waals surface area contributed by atoms with Crippen LogP contribution in [-0.2, 0) is 0 Å². The van der Waals surface area contributed by atoms with Crippen LogP contribution in [0.15, 0.2) is 29.1 Å². The van der Waals surface area contributed by atoms with E-state index in [1.54, 1.807) is 13.3 Å². The highest BCUT2D eigenvalue weighted by Crippen LogP contribution is 2.27. The average Bonchev–Trinajstić information content (AvgIpc) is 3.14. The van der Waals surface area contributed by atoms with Crippen molar-refractivity contribution >= 4 is 23.1 Å². The zero-order valence-corrected chi connectivity index (χ0v) is 12.5. The second kappa shape index (κ2) is 5.36. The van der Waals surface area contributed by atoms with Gasteiger partial charge in [-0.1, -0.05) is 0 Å². The fourth-order valence-corrected chi connectivity index (χ4v) is 2.56. The van der Waals surface area contributed by atoms with E-state index in [0.717, 1.165) is 46.5 Å². The van der Waals surface area contributed by atoms with Crippen LogP contribution < -0.4 is 15.4 Å². The van der Waals surface area contributed by atoms with Crippen molar-refractivity contribution < 1.29 is 4.74 Å². The largest absolute Gasteiger partial charge is 0.495 e. The molecule has 1 aliphatic heterocycles. The number of hydrogen-bond donors (Lipinski definition) is 3. The van der Waals surface area contributed by atoms with Crippen LogP contribution in [0.3, 0.4) is 0 Å². The van der Waals surface area contributed by atoms with Crippen LogP contribution in [-0.4, -0.2) is 36.1 Å². The standard InChI is InChI=1S/C16H19N5O/c1-22-13-5-14-11(7-17-15(14)18-9-13)4-12-8-20-16(21-12)19-6-10-2-3-10/h4-5,7,9-10H,2-3,6,8H2,1H3,(H,17,18)(H2,19,20,21)/b12-4-. The summed E-state index contributed by atoms with van der Waals surface area (Å²) in [4.78, 5) is 12.0. The van der Waals surface area contributed by atoms with Crippen LogP contribution in [0.25, 0.3) is 17.1 Å². The maximum atomic E-state index is 5.25. The third kappa shape index (κ3) is 2.64. The molecule has 6 nitrogen and oxygen atoms in total. The van der Waals surface area contributed by atoms with Crippen LogP contribution >= 0.6 is 0 Å². The Labute approximate surface area is 128 Å². The molecule has 0 amide bonds. The number of hydrogen-bond acceptors (Lipinski definition) is 5. The number of fused-ring (bicyclic) bond motifs is 1. The van der Waals surface area contributed by atoms with Gasteiger partial charge in [0.25, 0.3) is 0 Å². The van der Waals surface area contributed by atoms with E-state index in [9.17, 15) is 0 Å². The molecule has 0 radical (unpaired) electrons. The van der Waals surface area contributed by atoms with Crippen molar-refractivity contribution in [1.82, 2.24) is 20.6 Å². The molecule has 2 aliphatic rings. The number of pyridine rings is 1. The Kier molecular flexibility index (Phi) is 3.21. The lowest BCUT2D eigenvalue weighted by molar-refractivity contribution is 0.413. The van der Waals surface area contributed by atoms with Crippen molar-refractivity contribution in [3.05, 3.63) is 29.7 Å². The molecule has 4 rings (SSSR count). The van der Waals surface area contributed by atoms with Crippen LogP contribution in [0.5, 0.6) is 5.75 Å².